The van der Waals surface area contributed by atoms with Crippen molar-refractivity contribution in [3.05, 3.63) is 47.7 Å². The van der Waals surface area contributed by atoms with Crippen LogP contribution in [0.15, 0.2) is 36.4 Å². The molecule has 2 rings (SSSR count). The Morgan fingerprint density at radius 3 is 2.33 bits per heavy atom. The summed E-state index contributed by atoms with van der Waals surface area (Å²) in [6.07, 6.45) is 0. The summed E-state index contributed by atoms with van der Waals surface area (Å²) >= 11 is 0. The number of esters is 1. The van der Waals surface area contributed by atoms with Crippen LogP contribution in [-0.4, -0.2) is 34.7 Å². The van der Waals surface area contributed by atoms with Gasteiger partial charge in [-0.15, -0.1) is 10.2 Å². The number of anilines is 2. The molecule has 126 valence electrons. The number of benzene rings is 1. The van der Waals surface area contributed by atoms with Crippen molar-refractivity contribution in [2.75, 3.05) is 12.4 Å². The molecule has 0 aliphatic rings. The van der Waals surface area contributed by atoms with Gasteiger partial charge in [0.25, 0.3) is 5.91 Å². The molecular formula is C17H20N4O3. The smallest absolute Gasteiger partial charge is 0.339 e. The van der Waals surface area contributed by atoms with Crippen molar-refractivity contribution in [1.29, 1.82) is 0 Å². The molecule has 2 aromatic rings. The van der Waals surface area contributed by atoms with E-state index in [1.165, 1.54) is 7.11 Å². The van der Waals surface area contributed by atoms with Crippen molar-refractivity contribution >= 4 is 23.4 Å². The Labute approximate surface area is 140 Å². The van der Waals surface area contributed by atoms with Gasteiger partial charge in [-0.05, 0) is 45.0 Å². The zero-order chi connectivity index (χ0) is 17.7. The number of carbonyl (C=O) groups is 2. The maximum atomic E-state index is 12.0. The molecule has 2 N–H and O–H groups in total. The first kappa shape index (κ1) is 17.4. The van der Waals surface area contributed by atoms with Gasteiger partial charge in [0.1, 0.15) is 0 Å². The minimum Gasteiger partial charge on any atom is -0.465 e. The molecule has 0 radical (unpaired) electrons. The number of rotatable bonds is 4. The summed E-state index contributed by atoms with van der Waals surface area (Å²) in [4.78, 5) is 23.8. The van der Waals surface area contributed by atoms with Crippen LogP contribution in [0.1, 0.15) is 41.6 Å². The lowest BCUT2D eigenvalue weighted by molar-refractivity contribution is 0.0601. The quantitative estimate of drug-likeness (QED) is 0.838. The Balaban J connectivity index is 2.16. The third-order valence-electron chi connectivity index (χ3n) is 2.98. The number of methoxy groups -OCH3 is 1. The summed E-state index contributed by atoms with van der Waals surface area (Å²) in [6.45, 7) is 5.66. The number of nitrogens with one attached hydrogen (secondary N) is 2. The van der Waals surface area contributed by atoms with Gasteiger partial charge in [0.2, 0.25) is 0 Å². The average Bonchev–Trinajstić information content (AvgIpc) is 2.53. The number of amides is 1. The lowest BCUT2D eigenvalue weighted by atomic mass is 10.1. The van der Waals surface area contributed by atoms with Gasteiger partial charge in [0.15, 0.2) is 11.5 Å². The molecule has 1 aromatic heterocycles. The number of ether oxygens (including phenoxy) is 1. The number of carbonyl (C=O) groups excluding carboxylic acids is 2. The Hall–Kier alpha value is -2.96. The van der Waals surface area contributed by atoms with E-state index in [-0.39, 0.29) is 17.1 Å². The maximum absolute atomic E-state index is 12.0. The predicted octanol–water partition coefficient (Wildman–Crippen LogP) is 2.54. The second-order valence-corrected chi connectivity index (χ2v) is 6.17. The molecule has 0 fully saturated rings. The van der Waals surface area contributed by atoms with Crippen molar-refractivity contribution in [2.24, 2.45) is 0 Å². The Kier molecular flexibility index (Phi) is 5.13. The first-order valence-corrected chi connectivity index (χ1v) is 7.41. The van der Waals surface area contributed by atoms with Crippen LogP contribution in [-0.2, 0) is 4.74 Å². The number of hydrogen-bond donors (Lipinski definition) is 2. The van der Waals surface area contributed by atoms with Crippen LogP contribution in [0, 0.1) is 0 Å². The monoisotopic (exact) mass is 328 g/mol. The number of hydrogen-bond acceptors (Lipinski definition) is 6. The molecule has 0 spiro atoms. The van der Waals surface area contributed by atoms with Crippen LogP contribution in [0.25, 0.3) is 0 Å². The van der Waals surface area contributed by atoms with Crippen molar-refractivity contribution in [1.82, 2.24) is 15.5 Å². The van der Waals surface area contributed by atoms with Crippen LogP contribution in [0.5, 0.6) is 0 Å². The van der Waals surface area contributed by atoms with Gasteiger partial charge in [0, 0.05) is 5.54 Å². The van der Waals surface area contributed by atoms with E-state index < -0.39 is 5.97 Å². The first-order valence-electron chi connectivity index (χ1n) is 7.41. The summed E-state index contributed by atoms with van der Waals surface area (Å²) < 4.78 is 4.74. The van der Waals surface area contributed by atoms with Gasteiger partial charge in [-0.3, -0.25) is 4.79 Å². The zero-order valence-corrected chi connectivity index (χ0v) is 14.1. The van der Waals surface area contributed by atoms with E-state index in [1.807, 2.05) is 20.8 Å². The van der Waals surface area contributed by atoms with Crippen LogP contribution in [0.2, 0.25) is 0 Å². The number of nitrogens with zero attached hydrogens (tertiary/aromatic N) is 2. The normalized spacial score (nSPS) is 10.8. The molecule has 7 nitrogen and oxygen atoms in total. The van der Waals surface area contributed by atoms with E-state index in [2.05, 4.69) is 20.8 Å². The molecule has 0 aliphatic heterocycles. The second kappa shape index (κ2) is 7.08. The average molecular weight is 328 g/mol. The van der Waals surface area contributed by atoms with Gasteiger partial charge in [0.05, 0.1) is 18.4 Å². The summed E-state index contributed by atoms with van der Waals surface area (Å²) in [5.41, 5.74) is 0.799. The second-order valence-electron chi connectivity index (χ2n) is 6.17. The first-order chi connectivity index (χ1) is 11.3. The molecule has 24 heavy (non-hydrogen) atoms. The maximum Gasteiger partial charge on any atom is 0.339 e. The van der Waals surface area contributed by atoms with E-state index in [0.29, 0.717) is 17.1 Å². The van der Waals surface area contributed by atoms with Gasteiger partial charge in [-0.2, -0.15) is 0 Å². The van der Waals surface area contributed by atoms with Crippen LogP contribution >= 0.6 is 0 Å². The van der Waals surface area contributed by atoms with Crippen LogP contribution < -0.4 is 10.6 Å². The van der Waals surface area contributed by atoms with E-state index >= 15 is 0 Å². The highest BCUT2D eigenvalue weighted by molar-refractivity contribution is 5.96. The highest BCUT2D eigenvalue weighted by Gasteiger charge is 2.17. The minimum absolute atomic E-state index is 0.219. The predicted molar refractivity (Wildman–Crippen MR) is 90.3 cm³/mol. The third kappa shape index (κ3) is 4.52. The Morgan fingerprint density at radius 1 is 1.04 bits per heavy atom. The SMILES string of the molecule is COC(=O)c1ccccc1Nc1ccc(C(=O)NC(C)(C)C)nn1. The minimum atomic E-state index is -0.452. The molecular weight excluding hydrogens is 308 g/mol. The molecule has 0 saturated carbocycles. The summed E-state index contributed by atoms with van der Waals surface area (Å²) in [5, 5.41) is 13.7. The van der Waals surface area contributed by atoms with E-state index in [1.54, 1.807) is 36.4 Å². The van der Waals surface area contributed by atoms with Crippen LogP contribution in [0.3, 0.4) is 0 Å². The molecule has 0 unspecified atom stereocenters. The number of aromatic nitrogens is 2. The fraction of sp³-hybridized carbons (Fsp3) is 0.294. The molecule has 1 heterocycles. The Bertz CT molecular complexity index is 736. The van der Waals surface area contributed by atoms with Gasteiger partial charge in [-0.1, -0.05) is 12.1 Å². The topological polar surface area (TPSA) is 93.2 Å². The lowest BCUT2D eigenvalue weighted by Gasteiger charge is -2.19. The lowest BCUT2D eigenvalue weighted by Crippen LogP contribution is -2.41. The van der Waals surface area contributed by atoms with Crippen molar-refractivity contribution < 1.29 is 14.3 Å². The highest BCUT2D eigenvalue weighted by Crippen LogP contribution is 2.20. The van der Waals surface area contributed by atoms with Crippen molar-refractivity contribution in [3.63, 3.8) is 0 Å². The van der Waals surface area contributed by atoms with E-state index in [0.717, 1.165) is 0 Å². The molecule has 1 amide bonds. The van der Waals surface area contributed by atoms with Crippen LogP contribution in [0.4, 0.5) is 11.5 Å². The van der Waals surface area contributed by atoms with Gasteiger partial charge in [-0.25, -0.2) is 4.79 Å². The zero-order valence-electron chi connectivity index (χ0n) is 14.1. The fourth-order valence-electron chi connectivity index (χ4n) is 1.94. The van der Waals surface area contributed by atoms with Crippen molar-refractivity contribution in [3.8, 4) is 0 Å². The molecule has 0 aliphatic carbocycles. The van der Waals surface area contributed by atoms with Gasteiger partial charge < -0.3 is 15.4 Å². The highest BCUT2D eigenvalue weighted by atomic mass is 16.5. The molecule has 0 atom stereocenters. The summed E-state index contributed by atoms with van der Waals surface area (Å²) in [6, 6.07) is 10.1. The summed E-state index contributed by atoms with van der Waals surface area (Å²) in [7, 11) is 1.32. The van der Waals surface area contributed by atoms with E-state index in [4.69, 9.17) is 4.74 Å². The van der Waals surface area contributed by atoms with Crippen molar-refractivity contribution in [2.45, 2.75) is 26.3 Å². The standard InChI is InChI=1S/C17H20N4O3/c1-17(2,3)19-15(22)13-9-10-14(21-20-13)18-12-8-6-5-7-11(12)16(23)24-4/h5-10H,1-4H3,(H,18,21)(H,19,22). The van der Waals surface area contributed by atoms with Gasteiger partial charge >= 0.3 is 5.97 Å². The largest absolute Gasteiger partial charge is 0.465 e. The fourth-order valence-corrected chi connectivity index (χ4v) is 1.94. The molecule has 0 saturated heterocycles. The molecule has 7 heteroatoms. The number of para-hydroxylation sites is 1. The molecule has 1 aromatic carbocycles. The summed E-state index contributed by atoms with van der Waals surface area (Å²) in [5.74, 6) is -0.331. The third-order valence-corrected chi connectivity index (χ3v) is 2.98. The van der Waals surface area contributed by atoms with E-state index in [9.17, 15) is 9.59 Å². The molecule has 0 bridgehead atoms. The Morgan fingerprint density at radius 2 is 1.75 bits per heavy atom.